The molecule has 2 rings (SSSR count). The lowest BCUT2D eigenvalue weighted by molar-refractivity contribution is -0.142. The Morgan fingerprint density at radius 1 is 1.03 bits per heavy atom. The molecule has 0 fully saturated rings. The molecule has 0 aliphatic carbocycles. The molecule has 0 saturated carbocycles. The van der Waals surface area contributed by atoms with E-state index in [0.717, 1.165) is 7.11 Å². The minimum Gasteiger partial charge on any atom is -0.493 e. The highest BCUT2D eigenvalue weighted by Gasteiger charge is 2.49. The van der Waals surface area contributed by atoms with E-state index in [1.807, 2.05) is 0 Å². The summed E-state index contributed by atoms with van der Waals surface area (Å²) in [7, 11) is -6.07. The maximum absolute atomic E-state index is 13.2. The first-order valence-corrected chi connectivity index (χ1v) is 16.1. The molecule has 1 atom stereocenters. The smallest absolute Gasteiger partial charge is 0.493 e. The van der Waals surface area contributed by atoms with Gasteiger partial charge in [0.1, 0.15) is 6.04 Å². The Morgan fingerprint density at radius 3 is 1.97 bits per heavy atom. The second kappa shape index (κ2) is 11.9. The number of rotatable bonds is 11. The van der Waals surface area contributed by atoms with Gasteiger partial charge in [0.2, 0.25) is 0 Å². The summed E-state index contributed by atoms with van der Waals surface area (Å²) in [6, 6.07) is 1.49. The normalized spacial score (nSPS) is 13.8. The number of carbonyl (C=O) groups excluding carboxylic acids is 2. The van der Waals surface area contributed by atoms with Crippen LogP contribution in [0.5, 0.6) is 11.5 Å². The van der Waals surface area contributed by atoms with E-state index < -0.39 is 48.2 Å². The van der Waals surface area contributed by atoms with Gasteiger partial charge in [-0.15, -0.1) is 0 Å². The number of methoxy groups -OCH3 is 2. The van der Waals surface area contributed by atoms with Crippen LogP contribution in [0.4, 0.5) is 13.2 Å². The third kappa shape index (κ3) is 6.12. The zero-order valence-electron chi connectivity index (χ0n) is 23.6. The third-order valence-electron chi connectivity index (χ3n) is 7.13. The van der Waals surface area contributed by atoms with Gasteiger partial charge in [-0.05, 0) is 40.5 Å². The number of aromatic nitrogens is 1. The van der Waals surface area contributed by atoms with E-state index in [9.17, 15) is 31.2 Å². The fraction of sp³-hybridized carbons (Fsp3) is 0.600. The molecule has 9 nitrogen and oxygen atoms in total. The summed E-state index contributed by atoms with van der Waals surface area (Å²) in [5, 5.41) is 0.337. The van der Waals surface area contributed by atoms with Gasteiger partial charge < -0.3 is 18.4 Å². The number of halogens is 3. The maximum Gasteiger partial charge on any atom is 0.511 e. The van der Waals surface area contributed by atoms with E-state index in [1.54, 1.807) is 18.3 Å². The molecule has 1 aromatic carbocycles. The van der Waals surface area contributed by atoms with Crippen LogP contribution < -0.4 is 14.2 Å². The first kappa shape index (κ1) is 32.6. The van der Waals surface area contributed by atoms with Crippen molar-refractivity contribution in [1.29, 1.82) is 0 Å². The van der Waals surface area contributed by atoms with Crippen molar-refractivity contribution in [2.75, 3.05) is 14.2 Å². The lowest BCUT2D eigenvalue weighted by atomic mass is 10.0. The lowest BCUT2D eigenvalue weighted by Gasteiger charge is -2.44. The molecule has 1 heterocycles. The molecule has 0 amide bonds. The Balaban J connectivity index is 3.01. The minimum absolute atomic E-state index is 0.0257. The number of esters is 2. The summed E-state index contributed by atoms with van der Waals surface area (Å²) in [4.78, 5) is 24.6. The van der Waals surface area contributed by atoms with Crippen LogP contribution in [-0.4, -0.2) is 58.6 Å². The van der Waals surface area contributed by atoms with Crippen molar-refractivity contribution >= 4 is 41.1 Å². The summed E-state index contributed by atoms with van der Waals surface area (Å²) in [5.74, 6) is -1.66. The molecule has 0 bridgehead atoms. The molecule has 2 aromatic rings. The van der Waals surface area contributed by atoms with Gasteiger partial charge in [0, 0.05) is 24.2 Å². The van der Waals surface area contributed by atoms with Gasteiger partial charge in [0.25, 0.3) is 0 Å². The fourth-order valence-electron chi connectivity index (χ4n) is 5.86. The summed E-state index contributed by atoms with van der Waals surface area (Å²) in [5.41, 5.74) is -4.14. The van der Waals surface area contributed by atoms with Crippen LogP contribution in [0.3, 0.4) is 0 Å². The summed E-state index contributed by atoms with van der Waals surface area (Å²) in [6.07, 6.45) is 1.23. The maximum atomic E-state index is 13.2. The van der Waals surface area contributed by atoms with E-state index in [0.29, 0.717) is 16.5 Å². The van der Waals surface area contributed by atoms with E-state index in [1.165, 1.54) is 18.8 Å². The van der Waals surface area contributed by atoms with Gasteiger partial charge in [0.15, 0.2) is 19.7 Å². The summed E-state index contributed by atoms with van der Waals surface area (Å²) >= 11 is 0. The fourth-order valence-corrected chi connectivity index (χ4v) is 13.2. The zero-order chi connectivity index (χ0) is 30.1. The number of nitrogens with one attached hydrogen (secondary N) is 1. The van der Waals surface area contributed by atoms with Gasteiger partial charge >= 0.3 is 27.5 Å². The molecule has 0 aliphatic heterocycles. The predicted molar refractivity (Wildman–Crippen MR) is 144 cm³/mol. The molecule has 1 aromatic heterocycles. The summed E-state index contributed by atoms with van der Waals surface area (Å²) in [6.45, 7) is 13.9. The number of hydrogen-bond donors (Lipinski definition) is 1. The Morgan fingerprint density at radius 2 is 1.56 bits per heavy atom. The van der Waals surface area contributed by atoms with E-state index in [2.05, 4.69) is 50.5 Å². The van der Waals surface area contributed by atoms with Crippen molar-refractivity contribution in [2.24, 2.45) is 0 Å². The van der Waals surface area contributed by atoms with E-state index >= 15 is 0 Å². The number of sulfonamides is 1. The number of benzene rings is 1. The minimum atomic E-state index is -5.89. The van der Waals surface area contributed by atoms with Gasteiger partial charge in [0.05, 0.1) is 14.2 Å². The SMILES string of the molecule is COC(=O)[C@H](Cc1cn([Si](C(C)C)(C(C)C)C(C)C)c2ccc(OC)c(OC(C)=O)c12)NS(=O)(=O)C(F)(F)F. The first-order chi connectivity index (χ1) is 17.9. The van der Waals surface area contributed by atoms with Gasteiger partial charge in [-0.25, -0.2) is 8.42 Å². The second-order valence-electron chi connectivity index (χ2n) is 10.3. The molecule has 0 spiro atoms. The highest BCUT2D eigenvalue weighted by molar-refractivity contribution is 7.90. The number of fused-ring (bicyclic) bond motifs is 1. The predicted octanol–water partition coefficient (Wildman–Crippen LogP) is 5.12. The molecule has 14 heteroatoms. The third-order valence-corrected chi connectivity index (χ3v) is 15.1. The Labute approximate surface area is 228 Å². The first-order valence-electron chi connectivity index (χ1n) is 12.4. The Bertz CT molecular complexity index is 1300. The number of ether oxygens (including phenoxy) is 3. The quantitative estimate of drug-likeness (QED) is 0.218. The number of nitrogens with zero attached hydrogens (tertiary/aromatic N) is 1. The van der Waals surface area contributed by atoms with E-state index in [4.69, 9.17) is 9.47 Å². The highest BCUT2D eigenvalue weighted by atomic mass is 32.2. The van der Waals surface area contributed by atoms with Crippen LogP contribution in [0.15, 0.2) is 18.3 Å². The number of alkyl halides is 3. The van der Waals surface area contributed by atoms with Gasteiger partial charge in [-0.2, -0.15) is 17.9 Å². The molecule has 220 valence electrons. The average Bonchev–Trinajstić information content (AvgIpc) is 3.15. The molecule has 0 saturated heterocycles. The Kier molecular flexibility index (Phi) is 9.94. The van der Waals surface area contributed by atoms with Crippen LogP contribution in [0.2, 0.25) is 16.6 Å². The standard InChI is InChI=1S/C25H37F3N2O7SSi/c1-14(2)39(15(3)4,16(5)6)30-13-18(12-19(24(32)36-9)29-38(33,34)25(26,27)28)22-20(30)10-11-21(35-8)23(22)37-17(7)31/h10-11,13-16,19,29H,12H2,1-9H3/t19-/m0/s1. The molecular formula is C25H37F3N2O7SSi. The van der Waals surface area contributed by atoms with Crippen LogP contribution in [0.1, 0.15) is 54.0 Å². The molecule has 0 aliphatic rings. The van der Waals surface area contributed by atoms with Crippen molar-refractivity contribution in [2.45, 2.75) is 83.1 Å². The largest absolute Gasteiger partial charge is 0.511 e. The molecule has 1 N–H and O–H groups in total. The van der Waals surface area contributed by atoms with Crippen molar-refractivity contribution in [3.05, 3.63) is 23.9 Å². The lowest BCUT2D eigenvalue weighted by Crippen LogP contribution is -2.51. The topological polar surface area (TPSA) is 113 Å². The Hall–Kier alpha value is -2.58. The van der Waals surface area contributed by atoms with E-state index in [-0.39, 0.29) is 28.1 Å². The van der Waals surface area contributed by atoms with Crippen LogP contribution in [-0.2, 0) is 30.8 Å². The molecular weight excluding hydrogens is 557 g/mol. The second-order valence-corrected chi connectivity index (χ2v) is 17.7. The molecule has 0 radical (unpaired) electrons. The number of hydrogen-bond acceptors (Lipinski definition) is 7. The van der Waals surface area contributed by atoms with Crippen molar-refractivity contribution in [3.63, 3.8) is 0 Å². The van der Waals surface area contributed by atoms with Crippen molar-refractivity contribution in [1.82, 2.24) is 8.95 Å². The average molecular weight is 595 g/mol. The zero-order valence-corrected chi connectivity index (χ0v) is 25.4. The highest BCUT2D eigenvalue weighted by Crippen LogP contribution is 2.47. The van der Waals surface area contributed by atoms with Crippen LogP contribution in [0, 0.1) is 0 Å². The van der Waals surface area contributed by atoms with Gasteiger partial charge in [-0.1, -0.05) is 41.5 Å². The monoisotopic (exact) mass is 594 g/mol. The molecule has 0 unspecified atom stereocenters. The van der Waals surface area contributed by atoms with Crippen LogP contribution >= 0.6 is 0 Å². The molecule has 39 heavy (non-hydrogen) atoms. The summed E-state index contributed by atoms with van der Waals surface area (Å²) < 4.78 is 82.7. The van der Waals surface area contributed by atoms with Crippen molar-refractivity contribution in [3.8, 4) is 11.5 Å². The van der Waals surface area contributed by atoms with Crippen molar-refractivity contribution < 1.29 is 45.4 Å². The van der Waals surface area contributed by atoms with Gasteiger partial charge in [-0.3, -0.25) is 9.59 Å². The van der Waals surface area contributed by atoms with Crippen LogP contribution in [0.25, 0.3) is 10.9 Å². The number of carbonyl (C=O) groups is 2.